The molecule has 0 fully saturated rings. The molecule has 0 saturated heterocycles. The fourth-order valence-electron chi connectivity index (χ4n) is 4.17. The first-order chi connectivity index (χ1) is 14.5. The van der Waals surface area contributed by atoms with Crippen molar-refractivity contribution in [2.75, 3.05) is 21.3 Å². The predicted molar refractivity (Wildman–Crippen MR) is 105 cm³/mol. The van der Waals surface area contributed by atoms with Crippen LogP contribution in [0, 0.1) is 5.41 Å². The molecule has 0 radical (unpaired) electrons. The number of carbonyl (C=O) groups is 3. The molecule has 0 amide bonds. The summed E-state index contributed by atoms with van der Waals surface area (Å²) < 4.78 is 20.7. The molecule has 0 unspecified atom stereocenters. The van der Waals surface area contributed by atoms with Gasteiger partial charge < -0.3 is 18.9 Å². The number of carbonyl (C=O) groups excluding carboxylic acids is 3. The van der Waals surface area contributed by atoms with Crippen molar-refractivity contribution in [2.24, 2.45) is 10.4 Å². The molecule has 8 heteroatoms. The molecule has 2 aliphatic heterocycles. The summed E-state index contributed by atoms with van der Waals surface area (Å²) in [6.07, 6.45) is 0. The number of rotatable bonds is 4. The molecule has 8 nitrogen and oxygen atoms in total. The summed E-state index contributed by atoms with van der Waals surface area (Å²) in [5, 5.41) is 0. The highest BCUT2D eigenvalue weighted by Gasteiger charge is 2.69. The molecule has 0 spiro atoms. The molecule has 2 aromatic carbocycles. The Balaban J connectivity index is 2.00. The quantitative estimate of drug-likeness (QED) is 0.432. The Morgan fingerprint density at radius 3 is 2.33 bits per heavy atom. The van der Waals surface area contributed by atoms with E-state index in [0.29, 0.717) is 16.9 Å². The monoisotopic (exact) mass is 409 g/mol. The lowest BCUT2D eigenvalue weighted by Crippen LogP contribution is -2.55. The van der Waals surface area contributed by atoms with E-state index in [2.05, 4.69) is 4.99 Å². The van der Waals surface area contributed by atoms with Crippen molar-refractivity contribution in [2.45, 2.75) is 12.0 Å². The van der Waals surface area contributed by atoms with Gasteiger partial charge in [0.25, 0.3) is 0 Å². The Morgan fingerprint density at radius 1 is 1.00 bits per heavy atom. The average Bonchev–Trinajstić information content (AvgIpc) is 3.16. The van der Waals surface area contributed by atoms with Gasteiger partial charge in [-0.2, -0.15) is 0 Å². The number of ether oxygens (including phenoxy) is 4. The smallest absolute Gasteiger partial charge is 0.335 e. The van der Waals surface area contributed by atoms with E-state index >= 15 is 0 Å². The van der Waals surface area contributed by atoms with E-state index in [4.69, 9.17) is 18.9 Å². The maximum absolute atomic E-state index is 13.3. The minimum atomic E-state index is -1.95. The summed E-state index contributed by atoms with van der Waals surface area (Å²) >= 11 is 0. The van der Waals surface area contributed by atoms with Crippen LogP contribution in [0.15, 0.2) is 53.5 Å². The van der Waals surface area contributed by atoms with Crippen molar-refractivity contribution in [3.63, 3.8) is 0 Å². The predicted octanol–water partition coefficient (Wildman–Crippen LogP) is 1.90. The summed E-state index contributed by atoms with van der Waals surface area (Å²) in [6, 6.07) is 12.3. The van der Waals surface area contributed by atoms with Crippen molar-refractivity contribution in [1.29, 1.82) is 0 Å². The van der Waals surface area contributed by atoms with Gasteiger partial charge in [-0.3, -0.25) is 9.79 Å². The fraction of sp³-hybridized carbons (Fsp3) is 0.273. The van der Waals surface area contributed by atoms with Crippen molar-refractivity contribution >= 4 is 23.6 Å². The van der Waals surface area contributed by atoms with Gasteiger partial charge in [-0.25, -0.2) is 9.59 Å². The highest BCUT2D eigenvalue weighted by molar-refractivity contribution is 6.31. The second-order valence-corrected chi connectivity index (χ2v) is 6.88. The molecule has 0 saturated carbocycles. The van der Waals surface area contributed by atoms with Crippen LogP contribution in [0.5, 0.6) is 11.5 Å². The summed E-state index contributed by atoms with van der Waals surface area (Å²) in [5.74, 6) is -2.48. The zero-order valence-electron chi connectivity index (χ0n) is 16.6. The number of hydrogen-bond donors (Lipinski definition) is 0. The van der Waals surface area contributed by atoms with Gasteiger partial charge in [-0.15, -0.1) is 0 Å². The van der Waals surface area contributed by atoms with E-state index in [1.165, 1.54) is 21.3 Å². The number of para-hydroxylation sites is 1. The Morgan fingerprint density at radius 2 is 1.70 bits per heavy atom. The minimum absolute atomic E-state index is 0.0944. The Hall–Kier alpha value is -3.68. The van der Waals surface area contributed by atoms with Gasteiger partial charge in [-0.05, 0) is 35.9 Å². The number of esters is 3. The van der Waals surface area contributed by atoms with Crippen LogP contribution in [0.3, 0.4) is 0 Å². The summed E-state index contributed by atoms with van der Waals surface area (Å²) in [4.78, 5) is 43.7. The number of hydrogen-bond acceptors (Lipinski definition) is 8. The SMILES string of the molecule is COC(=O)[C@@H]1N=C(c2ccc(OC)cc2)[C@@]2(C(=O)OC)C(=O)Oc3ccccc3[C@@H]12. The second kappa shape index (κ2) is 7.29. The third-order valence-corrected chi connectivity index (χ3v) is 5.52. The van der Waals surface area contributed by atoms with Crippen LogP contribution in [0.25, 0.3) is 0 Å². The fourth-order valence-corrected chi connectivity index (χ4v) is 4.17. The van der Waals surface area contributed by atoms with E-state index < -0.39 is 35.3 Å². The molecule has 4 rings (SSSR count). The van der Waals surface area contributed by atoms with Crippen LogP contribution in [-0.2, 0) is 23.9 Å². The maximum atomic E-state index is 13.3. The van der Waals surface area contributed by atoms with E-state index in [9.17, 15) is 14.4 Å². The third kappa shape index (κ3) is 2.60. The second-order valence-electron chi connectivity index (χ2n) is 6.88. The molecule has 3 atom stereocenters. The average molecular weight is 409 g/mol. The molecule has 2 aromatic rings. The normalized spacial score (nSPS) is 24.1. The van der Waals surface area contributed by atoms with Crippen molar-refractivity contribution < 1.29 is 33.3 Å². The van der Waals surface area contributed by atoms with Crippen LogP contribution in [0.2, 0.25) is 0 Å². The Labute approximate surface area is 172 Å². The Bertz CT molecular complexity index is 1060. The van der Waals surface area contributed by atoms with Gasteiger partial charge in [0.05, 0.1) is 33.0 Å². The van der Waals surface area contributed by atoms with Gasteiger partial charge in [0.2, 0.25) is 5.41 Å². The molecule has 0 N–H and O–H groups in total. The molecule has 0 aromatic heterocycles. The van der Waals surface area contributed by atoms with Crippen molar-refractivity contribution in [3.05, 3.63) is 59.7 Å². The van der Waals surface area contributed by atoms with E-state index in [-0.39, 0.29) is 11.5 Å². The van der Waals surface area contributed by atoms with Gasteiger partial charge in [-0.1, -0.05) is 18.2 Å². The highest BCUT2D eigenvalue weighted by Crippen LogP contribution is 2.54. The summed E-state index contributed by atoms with van der Waals surface area (Å²) in [7, 11) is 3.94. The number of methoxy groups -OCH3 is 3. The largest absolute Gasteiger partial charge is 0.497 e. The molecule has 0 aliphatic carbocycles. The Kier molecular flexibility index (Phi) is 4.77. The third-order valence-electron chi connectivity index (χ3n) is 5.52. The van der Waals surface area contributed by atoms with Crippen molar-refractivity contribution in [1.82, 2.24) is 0 Å². The molecule has 2 aliphatic rings. The van der Waals surface area contributed by atoms with E-state index in [1.807, 2.05) is 0 Å². The molecular formula is C22H19NO7. The van der Waals surface area contributed by atoms with Crippen molar-refractivity contribution in [3.8, 4) is 11.5 Å². The van der Waals surface area contributed by atoms with Crippen LogP contribution in [0.1, 0.15) is 17.0 Å². The first-order valence-electron chi connectivity index (χ1n) is 9.19. The van der Waals surface area contributed by atoms with Gasteiger partial charge in [0.1, 0.15) is 11.5 Å². The molecule has 0 bridgehead atoms. The first-order valence-corrected chi connectivity index (χ1v) is 9.19. The molecular weight excluding hydrogens is 390 g/mol. The lowest BCUT2D eigenvalue weighted by atomic mass is 9.65. The van der Waals surface area contributed by atoms with Gasteiger partial charge >= 0.3 is 17.9 Å². The standard InChI is InChI=1S/C22H19NO7/c1-27-13-10-8-12(9-11-13)18-22(20(25)29-3)16(17(23-18)19(24)28-2)14-6-4-5-7-15(14)30-21(22)26/h4-11,16-17H,1-3H3/t16-,17+,22-/m0/s1. The van der Waals surface area contributed by atoms with E-state index in [0.717, 1.165) is 0 Å². The molecule has 154 valence electrons. The van der Waals surface area contributed by atoms with Crippen LogP contribution in [-0.4, -0.2) is 51.0 Å². The zero-order valence-corrected chi connectivity index (χ0v) is 16.6. The lowest BCUT2D eigenvalue weighted by molar-refractivity contribution is -0.163. The van der Waals surface area contributed by atoms with Crippen LogP contribution < -0.4 is 9.47 Å². The number of nitrogens with zero attached hydrogens (tertiary/aromatic N) is 1. The highest BCUT2D eigenvalue weighted by atomic mass is 16.6. The summed E-state index contributed by atoms with van der Waals surface area (Å²) in [6.45, 7) is 0. The number of aliphatic imine (C=N–C) groups is 1. The van der Waals surface area contributed by atoms with Gasteiger partial charge in [0, 0.05) is 5.56 Å². The lowest BCUT2D eigenvalue weighted by Gasteiger charge is -2.37. The van der Waals surface area contributed by atoms with E-state index in [1.54, 1.807) is 48.5 Å². The number of fused-ring (bicyclic) bond motifs is 3. The van der Waals surface area contributed by atoms with Gasteiger partial charge in [0.15, 0.2) is 6.04 Å². The van der Waals surface area contributed by atoms with Crippen LogP contribution >= 0.6 is 0 Å². The van der Waals surface area contributed by atoms with Crippen LogP contribution in [0.4, 0.5) is 0 Å². The molecule has 2 heterocycles. The number of benzene rings is 2. The first kappa shape index (κ1) is 19.6. The topological polar surface area (TPSA) is 100 Å². The molecule has 30 heavy (non-hydrogen) atoms. The maximum Gasteiger partial charge on any atom is 0.335 e. The minimum Gasteiger partial charge on any atom is -0.497 e. The zero-order chi connectivity index (χ0) is 21.5. The summed E-state index contributed by atoms with van der Waals surface area (Å²) in [5.41, 5.74) is -0.882.